The fourth-order valence-corrected chi connectivity index (χ4v) is 5.58. The van der Waals surface area contributed by atoms with Crippen LogP contribution in [0.1, 0.15) is 16.0 Å². The molecule has 4 aromatic rings. The first-order valence-electron chi connectivity index (χ1n) is 9.84. The molecule has 0 aliphatic carbocycles. The van der Waals surface area contributed by atoms with Gasteiger partial charge in [-0.25, -0.2) is 9.36 Å². The average molecular weight is 405 g/mol. The molecule has 2 aromatic carbocycles. The van der Waals surface area contributed by atoms with Crippen LogP contribution in [0.2, 0.25) is 0 Å². The highest BCUT2D eigenvalue weighted by molar-refractivity contribution is 7.18. The molecule has 0 radical (unpaired) electrons. The van der Waals surface area contributed by atoms with Gasteiger partial charge in [-0.3, -0.25) is 9.36 Å². The molecule has 1 unspecified atom stereocenters. The molecule has 0 bridgehead atoms. The van der Waals surface area contributed by atoms with Gasteiger partial charge < -0.3 is 4.90 Å². The predicted octanol–water partition coefficient (Wildman–Crippen LogP) is 1.83. The number of quaternary nitrogens is 1. The summed E-state index contributed by atoms with van der Waals surface area (Å²) in [5.74, 6) is 0. The summed E-state index contributed by atoms with van der Waals surface area (Å²) in [6, 6.07) is 19.2. The van der Waals surface area contributed by atoms with Crippen LogP contribution >= 0.6 is 11.3 Å². The van der Waals surface area contributed by atoms with Crippen molar-refractivity contribution in [3.63, 3.8) is 0 Å². The molecule has 0 fully saturated rings. The van der Waals surface area contributed by atoms with E-state index in [0.717, 1.165) is 40.9 Å². The summed E-state index contributed by atoms with van der Waals surface area (Å²) in [6.45, 7) is 2.35. The Balaban J connectivity index is 1.84. The van der Waals surface area contributed by atoms with Crippen LogP contribution in [0.4, 0.5) is 0 Å². The zero-order chi connectivity index (χ0) is 20.0. The summed E-state index contributed by atoms with van der Waals surface area (Å²) >= 11 is 1.61. The highest BCUT2D eigenvalue weighted by Crippen LogP contribution is 2.30. The summed E-state index contributed by atoms with van der Waals surface area (Å²) in [5.41, 5.74) is 2.31. The van der Waals surface area contributed by atoms with Gasteiger partial charge in [-0.15, -0.1) is 11.3 Å². The number of hydrogen-bond donors (Lipinski definition) is 1. The van der Waals surface area contributed by atoms with Crippen LogP contribution in [0.25, 0.3) is 15.9 Å². The minimum Gasteiger partial charge on any atom is -0.333 e. The molecule has 0 saturated carbocycles. The van der Waals surface area contributed by atoms with Crippen molar-refractivity contribution in [3.8, 4) is 5.69 Å². The van der Waals surface area contributed by atoms with Crippen LogP contribution in [0.5, 0.6) is 0 Å². The third-order valence-corrected chi connectivity index (χ3v) is 6.87. The fourth-order valence-electron chi connectivity index (χ4n) is 4.13. The van der Waals surface area contributed by atoms with Gasteiger partial charge in [0.25, 0.3) is 5.56 Å². The minimum absolute atomic E-state index is 0.197. The molecule has 1 aliphatic rings. The molecule has 0 spiro atoms. The number of rotatable bonds is 3. The number of fused-ring (bicyclic) bond motifs is 3. The van der Waals surface area contributed by atoms with E-state index in [1.54, 1.807) is 15.9 Å². The largest absolute Gasteiger partial charge is 0.337 e. The van der Waals surface area contributed by atoms with Crippen LogP contribution in [-0.2, 0) is 19.5 Å². The van der Waals surface area contributed by atoms with Crippen LogP contribution in [0.3, 0.4) is 0 Å². The number of thiophene rings is 1. The number of hydrogen-bond acceptors (Lipinski definition) is 3. The lowest BCUT2D eigenvalue weighted by Crippen LogP contribution is -3.08. The standard InChI is InChI=1S/C23H21N3O2S/c1-24-13-12-18-19(15-24)29-22-20(18)21(27)26(17-10-6-3-7-11-17)23(28)25(22)14-16-8-4-2-5-9-16/h2-11H,12-15H2,1H3/p+1. The van der Waals surface area contributed by atoms with E-state index in [-0.39, 0.29) is 11.2 Å². The van der Waals surface area contributed by atoms with Gasteiger partial charge in [-0.2, -0.15) is 0 Å². The highest BCUT2D eigenvalue weighted by Gasteiger charge is 2.27. The first-order valence-corrected chi connectivity index (χ1v) is 10.7. The number of aromatic nitrogens is 2. The molecule has 1 N–H and O–H groups in total. The highest BCUT2D eigenvalue weighted by atomic mass is 32.1. The van der Waals surface area contributed by atoms with E-state index in [9.17, 15) is 9.59 Å². The molecule has 29 heavy (non-hydrogen) atoms. The second kappa shape index (κ2) is 7.13. The van der Waals surface area contributed by atoms with Crippen molar-refractivity contribution in [2.75, 3.05) is 13.6 Å². The lowest BCUT2D eigenvalue weighted by atomic mass is 10.1. The Morgan fingerprint density at radius 3 is 2.41 bits per heavy atom. The van der Waals surface area contributed by atoms with Gasteiger partial charge in [0.2, 0.25) is 0 Å². The topological polar surface area (TPSA) is 48.4 Å². The molecule has 0 amide bonds. The number of para-hydroxylation sites is 1. The molecule has 1 atom stereocenters. The Hall–Kier alpha value is -2.96. The molecule has 3 heterocycles. The Morgan fingerprint density at radius 2 is 1.69 bits per heavy atom. The van der Waals surface area contributed by atoms with Crippen molar-refractivity contribution >= 4 is 21.6 Å². The lowest BCUT2D eigenvalue weighted by Gasteiger charge is -2.19. The zero-order valence-electron chi connectivity index (χ0n) is 16.2. The molecule has 146 valence electrons. The van der Waals surface area contributed by atoms with E-state index in [4.69, 9.17) is 0 Å². The van der Waals surface area contributed by atoms with E-state index in [2.05, 4.69) is 7.05 Å². The van der Waals surface area contributed by atoms with Crippen molar-refractivity contribution in [1.82, 2.24) is 9.13 Å². The van der Waals surface area contributed by atoms with Gasteiger partial charge in [-0.05, 0) is 23.3 Å². The van der Waals surface area contributed by atoms with Crippen molar-refractivity contribution in [1.29, 1.82) is 0 Å². The number of benzene rings is 2. The molecule has 5 nitrogen and oxygen atoms in total. The Kier molecular flexibility index (Phi) is 4.45. The van der Waals surface area contributed by atoms with Crippen molar-refractivity contribution in [2.24, 2.45) is 0 Å². The van der Waals surface area contributed by atoms with Gasteiger partial charge in [0.05, 0.1) is 36.1 Å². The molecule has 2 aromatic heterocycles. The van der Waals surface area contributed by atoms with E-state index in [1.165, 1.54) is 14.3 Å². The van der Waals surface area contributed by atoms with Gasteiger partial charge in [0.15, 0.2) is 0 Å². The number of nitrogens with zero attached hydrogens (tertiary/aromatic N) is 2. The molecule has 0 saturated heterocycles. The van der Waals surface area contributed by atoms with Crippen LogP contribution in [-0.4, -0.2) is 22.7 Å². The second-order valence-corrected chi connectivity index (χ2v) is 8.73. The van der Waals surface area contributed by atoms with E-state index < -0.39 is 0 Å². The Bertz CT molecular complexity index is 1300. The van der Waals surface area contributed by atoms with Gasteiger partial charge in [0, 0.05) is 6.42 Å². The summed E-state index contributed by atoms with van der Waals surface area (Å²) in [4.78, 5) is 30.5. The smallest absolute Gasteiger partial charge is 0.333 e. The van der Waals surface area contributed by atoms with Crippen molar-refractivity contribution in [2.45, 2.75) is 19.5 Å². The molecule has 5 rings (SSSR count). The maximum atomic E-state index is 13.5. The average Bonchev–Trinajstić information content (AvgIpc) is 3.11. The Labute approximate surface area is 172 Å². The van der Waals surface area contributed by atoms with Crippen LogP contribution in [0, 0.1) is 0 Å². The van der Waals surface area contributed by atoms with Gasteiger partial charge in [0.1, 0.15) is 11.4 Å². The molecule has 6 heteroatoms. The van der Waals surface area contributed by atoms with Crippen molar-refractivity contribution in [3.05, 3.63) is 97.5 Å². The summed E-state index contributed by atoms with van der Waals surface area (Å²) in [5, 5.41) is 0.719. The maximum Gasteiger partial charge on any atom is 0.337 e. The van der Waals surface area contributed by atoms with Gasteiger partial charge in [-0.1, -0.05) is 48.5 Å². The summed E-state index contributed by atoms with van der Waals surface area (Å²) < 4.78 is 3.11. The van der Waals surface area contributed by atoms with E-state index >= 15 is 0 Å². The first-order chi connectivity index (χ1) is 14.1. The van der Waals surface area contributed by atoms with E-state index in [1.807, 2.05) is 60.7 Å². The normalized spacial score (nSPS) is 16.1. The fraction of sp³-hybridized carbons (Fsp3) is 0.217. The number of nitrogens with one attached hydrogen (secondary N) is 1. The predicted molar refractivity (Wildman–Crippen MR) is 116 cm³/mol. The second-order valence-electron chi connectivity index (χ2n) is 7.65. The minimum atomic E-state index is -0.281. The third kappa shape index (κ3) is 3.05. The third-order valence-electron chi connectivity index (χ3n) is 5.62. The van der Waals surface area contributed by atoms with Gasteiger partial charge >= 0.3 is 5.69 Å². The monoisotopic (exact) mass is 404 g/mol. The summed E-state index contributed by atoms with van der Waals surface area (Å²) in [7, 11) is 2.17. The molecular formula is C23H22N3O2S+. The van der Waals surface area contributed by atoms with E-state index in [0.29, 0.717) is 12.2 Å². The maximum absolute atomic E-state index is 13.5. The van der Waals surface area contributed by atoms with Crippen molar-refractivity contribution < 1.29 is 4.90 Å². The molecular weight excluding hydrogens is 382 g/mol. The zero-order valence-corrected chi connectivity index (χ0v) is 17.0. The van der Waals surface area contributed by atoms with Crippen LogP contribution in [0.15, 0.2) is 70.3 Å². The molecule has 1 aliphatic heterocycles. The van der Waals surface area contributed by atoms with Crippen LogP contribution < -0.4 is 16.1 Å². The summed E-state index contributed by atoms with van der Waals surface area (Å²) in [6.07, 6.45) is 0.870. The Morgan fingerprint density at radius 1 is 1.00 bits per heavy atom. The number of likely N-dealkylation sites (N-methyl/N-ethyl adjacent to an activating group) is 1. The quantitative estimate of drug-likeness (QED) is 0.566. The SMILES string of the molecule is C[NH+]1CCc2c(sc3c2c(=O)n(-c2ccccc2)c(=O)n3Cc2ccccc2)C1. The first kappa shape index (κ1) is 18.1. The lowest BCUT2D eigenvalue weighted by molar-refractivity contribution is -0.895.